The molecular weight excluding hydrogens is 594 g/mol. The van der Waals surface area contributed by atoms with E-state index in [1.807, 2.05) is 0 Å². The number of ether oxygens (including phenoxy) is 2. The van der Waals surface area contributed by atoms with E-state index < -0.39 is 76.7 Å². The number of rotatable bonds is 8. The number of carboxylic acids is 1. The molecule has 0 amide bonds. The minimum Gasteiger partial charge on any atom is -0.508 e. The second-order valence-corrected chi connectivity index (χ2v) is 10.4. The molecule has 1 aromatic heterocycles. The number of hydrogen-bond donors (Lipinski definition) is 9. The van der Waals surface area contributed by atoms with Crippen molar-refractivity contribution < 1.29 is 54.4 Å². The van der Waals surface area contributed by atoms with E-state index in [2.05, 4.69) is 4.99 Å². The van der Waals surface area contributed by atoms with Crippen molar-refractivity contribution in [2.75, 3.05) is 6.54 Å². The van der Waals surface area contributed by atoms with Crippen molar-refractivity contribution in [3.8, 4) is 34.3 Å². The summed E-state index contributed by atoms with van der Waals surface area (Å²) in [6.45, 7) is -0.866. The quantitative estimate of drug-likeness (QED) is 0.0715. The fraction of sp³-hybridized carbons (Fsp3) is 0.233. The number of aliphatic hydroxyl groups is 3. The van der Waals surface area contributed by atoms with Crippen LogP contribution in [0, 0.1) is 0 Å². The Labute approximate surface area is 253 Å². The normalized spacial score (nSPS) is 23.0. The maximum atomic E-state index is 13.8. The fourth-order valence-electron chi connectivity index (χ4n) is 5.01. The van der Waals surface area contributed by atoms with E-state index in [4.69, 9.17) is 25.4 Å². The zero-order valence-electron chi connectivity index (χ0n) is 23.3. The molecule has 2 heterocycles. The van der Waals surface area contributed by atoms with Crippen molar-refractivity contribution in [2.24, 2.45) is 16.5 Å². The number of nitrogens with zero attached hydrogens (tertiary/aromatic N) is 1. The fourth-order valence-corrected chi connectivity index (χ4v) is 5.01. The molecular formula is C30H29N3O12. The van der Waals surface area contributed by atoms with Crippen LogP contribution in [0.1, 0.15) is 11.1 Å². The Bertz CT molecular complexity index is 1820. The number of fused-ring (bicyclic) bond motifs is 1. The molecule has 1 aliphatic rings. The van der Waals surface area contributed by atoms with E-state index in [1.54, 1.807) is 30.3 Å². The molecule has 45 heavy (non-hydrogen) atoms. The number of phenolic OH excluding ortho intramolecular Hbond substituents is 3. The predicted molar refractivity (Wildman–Crippen MR) is 157 cm³/mol. The number of nitrogens with two attached hydrogens (primary N) is 2. The number of aromatic hydroxyl groups is 3. The number of guanidine groups is 1. The summed E-state index contributed by atoms with van der Waals surface area (Å²) in [5.41, 5.74) is 8.14. The van der Waals surface area contributed by atoms with Crippen molar-refractivity contribution in [1.29, 1.82) is 0 Å². The summed E-state index contributed by atoms with van der Waals surface area (Å²) in [5, 5.41) is 73.3. The van der Waals surface area contributed by atoms with Crippen LogP contribution in [0.2, 0.25) is 0 Å². The number of carbonyl (C=O) groups is 1. The third-order valence-corrected chi connectivity index (χ3v) is 7.39. The summed E-state index contributed by atoms with van der Waals surface area (Å²) in [4.78, 5) is 29.2. The van der Waals surface area contributed by atoms with Gasteiger partial charge in [0.25, 0.3) is 0 Å². The number of aliphatic carboxylic acids is 1. The number of carboxylic acid groups (broad SMARTS) is 1. The van der Waals surface area contributed by atoms with Crippen LogP contribution in [-0.2, 0) is 16.0 Å². The lowest BCUT2D eigenvalue weighted by atomic mass is 9.84. The Morgan fingerprint density at radius 2 is 1.64 bits per heavy atom. The second kappa shape index (κ2) is 12.0. The zero-order valence-corrected chi connectivity index (χ0v) is 23.3. The van der Waals surface area contributed by atoms with Crippen LogP contribution in [0.3, 0.4) is 0 Å². The smallest absolute Gasteiger partial charge is 0.335 e. The number of hydrogen-bond acceptors (Lipinski definition) is 12. The first-order valence-corrected chi connectivity index (χ1v) is 13.4. The first kappa shape index (κ1) is 31.1. The lowest BCUT2D eigenvalue weighted by molar-refractivity contribution is -0.303. The standard InChI is InChI=1S/C30H29N3O12/c31-29(32)33-12-30(42)25(38)24(27(40)41)45-28(26(30)39)44-18-11-17-19(22(37)21(18)36)20(35)16(10-13-4-2-1-3-5-13)23(43-17)14-6-8-15(34)9-7-14/h1-9,11,24-26,28,34,36-39,42H,10,12H2,(H,40,41)(H4,31,32,33)/t24-,25+,26-,28-,30-/m0/s1. The first-order valence-electron chi connectivity index (χ1n) is 13.4. The molecule has 15 nitrogen and oxygen atoms in total. The van der Waals surface area contributed by atoms with Gasteiger partial charge in [-0.15, -0.1) is 0 Å². The maximum absolute atomic E-state index is 13.8. The van der Waals surface area contributed by atoms with E-state index >= 15 is 0 Å². The van der Waals surface area contributed by atoms with E-state index in [-0.39, 0.29) is 29.1 Å². The van der Waals surface area contributed by atoms with E-state index in [1.165, 1.54) is 24.3 Å². The van der Waals surface area contributed by atoms with E-state index in [0.29, 0.717) is 5.56 Å². The van der Waals surface area contributed by atoms with Crippen LogP contribution in [-0.4, -0.2) is 84.4 Å². The second-order valence-electron chi connectivity index (χ2n) is 10.4. The van der Waals surface area contributed by atoms with Gasteiger partial charge in [0.1, 0.15) is 40.3 Å². The summed E-state index contributed by atoms with van der Waals surface area (Å²) < 4.78 is 16.8. The molecule has 236 valence electrons. The van der Waals surface area contributed by atoms with Crippen LogP contribution < -0.4 is 21.6 Å². The lowest BCUT2D eigenvalue weighted by Gasteiger charge is -2.45. The molecule has 11 N–H and O–H groups in total. The third-order valence-electron chi connectivity index (χ3n) is 7.39. The van der Waals surface area contributed by atoms with Gasteiger partial charge in [-0.05, 0) is 29.8 Å². The molecule has 5 rings (SSSR count). The lowest BCUT2D eigenvalue weighted by Crippen LogP contribution is -2.70. The molecule has 1 fully saturated rings. The highest BCUT2D eigenvalue weighted by atomic mass is 16.7. The van der Waals surface area contributed by atoms with Crippen molar-refractivity contribution in [3.05, 3.63) is 82.0 Å². The molecule has 5 atom stereocenters. The molecule has 0 radical (unpaired) electrons. The largest absolute Gasteiger partial charge is 0.508 e. The molecule has 0 spiro atoms. The van der Waals surface area contributed by atoms with Crippen LogP contribution >= 0.6 is 0 Å². The van der Waals surface area contributed by atoms with Gasteiger partial charge in [-0.3, -0.25) is 9.79 Å². The van der Waals surface area contributed by atoms with Crippen molar-refractivity contribution in [3.63, 3.8) is 0 Å². The predicted octanol–water partition coefficient (Wildman–Crippen LogP) is 0.0822. The highest BCUT2D eigenvalue weighted by Gasteiger charge is 2.58. The molecule has 15 heteroatoms. The van der Waals surface area contributed by atoms with Gasteiger partial charge in [0.15, 0.2) is 23.6 Å². The highest BCUT2D eigenvalue weighted by Crippen LogP contribution is 2.44. The Hall–Kier alpha value is -5.35. The molecule has 0 bridgehead atoms. The average Bonchev–Trinajstić information content (AvgIpc) is 3.01. The Morgan fingerprint density at radius 3 is 2.27 bits per heavy atom. The summed E-state index contributed by atoms with van der Waals surface area (Å²) >= 11 is 0. The minimum absolute atomic E-state index is 0.0413. The van der Waals surface area contributed by atoms with Crippen LogP contribution in [0.5, 0.6) is 23.0 Å². The number of phenols is 3. The van der Waals surface area contributed by atoms with Gasteiger partial charge in [0.05, 0.1) is 6.54 Å². The van der Waals surface area contributed by atoms with Crippen molar-refractivity contribution in [1.82, 2.24) is 0 Å². The monoisotopic (exact) mass is 623 g/mol. The van der Waals surface area contributed by atoms with E-state index in [0.717, 1.165) is 11.6 Å². The third kappa shape index (κ3) is 5.80. The van der Waals surface area contributed by atoms with E-state index in [9.17, 15) is 45.3 Å². The van der Waals surface area contributed by atoms with Crippen LogP contribution in [0.4, 0.5) is 0 Å². The maximum Gasteiger partial charge on any atom is 0.335 e. The molecule has 0 aliphatic carbocycles. The summed E-state index contributed by atoms with van der Waals surface area (Å²) in [6.07, 6.45) is -8.62. The van der Waals surface area contributed by atoms with Gasteiger partial charge in [-0.2, -0.15) is 0 Å². The average molecular weight is 624 g/mol. The zero-order chi connectivity index (χ0) is 32.6. The van der Waals surface area contributed by atoms with Crippen molar-refractivity contribution >= 4 is 22.9 Å². The molecule has 3 aromatic carbocycles. The van der Waals surface area contributed by atoms with Gasteiger partial charge in [0.2, 0.25) is 17.5 Å². The molecule has 4 aromatic rings. The van der Waals surface area contributed by atoms with Gasteiger partial charge in [-0.1, -0.05) is 30.3 Å². The molecule has 0 unspecified atom stereocenters. The molecule has 0 saturated carbocycles. The van der Waals surface area contributed by atoms with Crippen LogP contribution in [0.15, 0.2) is 74.9 Å². The Balaban J connectivity index is 1.63. The number of aliphatic hydroxyl groups excluding tert-OH is 2. The molecule has 1 saturated heterocycles. The Kier molecular flexibility index (Phi) is 8.27. The summed E-state index contributed by atoms with van der Waals surface area (Å²) in [6, 6.07) is 15.7. The SMILES string of the molecule is NC(N)=NC[C@]1(O)[C@H](O)[C@@H](C(=O)O)O[C@H](Oc2cc3oc(-c4ccc(O)cc4)c(Cc4ccccc4)c(=O)c3c(O)c2O)[C@@H]1O. The Morgan fingerprint density at radius 1 is 0.978 bits per heavy atom. The molecule has 1 aliphatic heterocycles. The van der Waals surface area contributed by atoms with Gasteiger partial charge in [-0.25, -0.2) is 4.79 Å². The van der Waals surface area contributed by atoms with Gasteiger partial charge >= 0.3 is 5.97 Å². The van der Waals surface area contributed by atoms with Crippen molar-refractivity contribution in [2.45, 2.75) is 36.6 Å². The first-order chi connectivity index (χ1) is 21.3. The minimum atomic E-state index is -2.71. The van der Waals surface area contributed by atoms with Crippen LogP contribution in [0.25, 0.3) is 22.3 Å². The van der Waals surface area contributed by atoms with Gasteiger partial charge < -0.3 is 61.1 Å². The number of aliphatic imine (C=N–C) groups is 1. The summed E-state index contributed by atoms with van der Waals surface area (Å²) in [5.74, 6) is -4.86. The van der Waals surface area contributed by atoms with Gasteiger partial charge in [0, 0.05) is 23.6 Å². The topological polar surface area (TPSA) is 272 Å². The highest BCUT2D eigenvalue weighted by molar-refractivity contribution is 5.90. The summed E-state index contributed by atoms with van der Waals surface area (Å²) in [7, 11) is 0. The number of benzene rings is 3.